The summed E-state index contributed by atoms with van der Waals surface area (Å²) >= 11 is 0. The summed E-state index contributed by atoms with van der Waals surface area (Å²) in [5.41, 5.74) is 1.47. The van der Waals surface area contributed by atoms with E-state index in [2.05, 4.69) is 9.97 Å². The molecule has 0 bridgehead atoms. The molecule has 2 aromatic rings. The zero-order valence-corrected chi connectivity index (χ0v) is 11.7. The largest absolute Gasteiger partial charge is 0.295 e. The van der Waals surface area contributed by atoms with Crippen LogP contribution in [0.4, 0.5) is 0 Å². The minimum absolute atomic E-state index is 0.271. The van der Waals surface area contributed by atoms with Crippen LogP contribution in [-0.4, -0.2) is 28.7 Å². The lowest BCUT2D eigenvalue weighted by atomic mass is 10.2. The fraction of sp³-hybridized carbons (Fsp3) is 0.538. The van der Waals surface area contributed by atoms with Crippen molar-refractivity contribution in [2.24, 2.45) is 0 Å². The molecule has 1 atom stereocenters. The first-order chi connectivity index (χ1) is 9.13. The van der Waals surface area contributed by atoms with Crippen molar-refractivity contribution >= 4 is 21.0 Å². The number of pyridine rings is 1. The molecular formula is C13H17N3O2S. The monoisotopic (exact) mass is 279 g/mol. The number of nitrogens with zero attached hydrogens (tertiary/aromatic N) is 3. The summed E-state index contributed by atoms with van der Waals surface area (Å²) < 4.78 is 26.5. The van der Waals surface area contributed by atoms with E-state index in [1.165, 1.54) is 0 Å². The van der Waals surface area contributed by atoms with Gasteiger partial charge in [-0.1, -0.05) is 6.92 Å². The number of hydrogen-bond acceptors (Lipinski definition) is 4. The van der Waals surface area contributed by atoms with Crippen molar-refractivity contribution in [1.82, 2.24) is 14.5 Å². The van der Waals surface area contributed by atoms with Crippen molar-refractivity contribution in [3.8, 4) is 0 Å². The van der Waals surface area contributed by atoms with Gasteiger partial charge in [0.1, 0.15) is 16.7 Å². The summed E-state index contributed by atoms with van der Waals surface area (Å²) in [4.78, 5) is 8.83. The van der Waals surface area contributed by atoms with Gasteiger partial charge in [-0.2, -0.15) is 0 Å². The van der Waals surface area contributed by atoms with E-state index in [4.69, 9.17) is 0 Å². The van der Waals surface area contributed by atoms with Crippen molar-refractivity contribution in [2.45, 2.75) is 38.0 Å². The summed E-state index contributed by atoms with van der Waals surface area (Å²) in [7, 11) is -3.09. The van der Waals surface area contributed by atoms with Crippen molar-refractivity contribution < 1.29 is 8.42 Å². The summed E-state index contributed by atoms with van der Waals surface area (Å²) in [5, 5.41) is -0.490. The Kier molecular flexibility index (Phi) is 3.05. The maximum absolute atomic E-state index is 12.3. The van der Waals surface area contributed by atoms with Crippen LogP contribution in [0.2, 0.25) is 0 Å². The van der Waals surface area contributed by atoms with Gasteiger partial charge in [0.15, 0.2) is 15.5 Å². The number of rotatable bonds is 2. The molecule has 0 spiro atoms. The van der Waals surface area contributed by atoms with Crippen molar-refractivity contribution in [2.75, 3.05) is 5.75 Å². The Balaban J connectivity index is 2.23. The lowest BCUT2D eigenvalue weighted by molar-refractivity contribution is 0.487. The molecule has 2 aromatic heterocycles. The third kappa shape index (κ3) is 2.04. The minimum atomic E-state index is -3.09. The zero-order chi connectivity index (χ0) is 13.5. The average Bonchev–Trinajstić information content (AvgIpc) is 2.76. The SMILES string of the molecule is CCc1nc2cccnc2n1C1CCCCS1(=O)=O. The van der Waals surface area contributed by atoms with Crippen LogP contribution in [0, 0.1) is 0 Å². The maximum atomic E-state index is 12.3. The number of imidazole rings is 1. The first-order valence-corrected chi connectivity index (χ1v) is 8.38. The highest BCUT2D eigenvalue weighted by Crippen LogP contribution is 2.32. The molecule has 19 heavy (non-hydrogen) atoms. The van der Waals surface area contributed by atoms with E-state index in [0.29, 0.717) is 18.5 Å². The Bertz CT molecular complexity index is 706. The van der Waals surface area contributed by atoms with Gasteiger partial charge in [0, 0.05) is 12.6 Å². The molecule has 0 amide bonds. The molecule has 102 valence electrons. The van der Waals surface area contributed by atoms with E-state index < -0.39 is 15.2 Å². The van der Waals surface area contributed by atoms with Gasteiger partial charge < -0.3 is 0 Å². The Morgan fingerprint density at radius 1 is 1.42 bits per heavy atom. The van der Waals surface area contributed by atoms with Gasteiger partial charge in [0.2, 0.25) is 0 Å². The Morgan fingerprint density at radius 3 is 3.00 bits per heavy atom. The van der Waals surface area contributed by atoms with Crippen LogP contribution in [0.25, 0.3) is 11.2 Å². The second-order valence-corrected chi connectivity index (χ2v) is 7.19. The van der Waals surface area contributed by atoms with Gasteiger partial charge in [0.05, 0.1) is 5.75 Å². The molecule has 0 saturated carbocycles. The minimum Gasteiger partial charge on any atom is -0.295 e. The smallest absolute Gasteiger partial charge is 0.171 e. The van der Waals surface area contributed by atoms with E-state index in [1.54, 1.807) is 6.20 Å². The normalized spacial score (nSPS) is 22.7. The molecule has 0 radical (unpaired) electrons. The second kappa shape index (κ2) is 4.59. The molecule has 0 aliphatic carbocycles. The number of fused-ring (bicyclic) bond motifs is 1. The van der Waals surface area contributed by atoms with Crippen molar-refractivity contribution in [3.05, 3.63) is 24.2 Å². The molecule has 1 fully saturated rings. The lowest BCUT2D eigenvalue weighted by Crippen LogP contribution is -2.27. The van der Waals surface area contributed by atoms with Crippen LogP contribution >= 0.6 is 0 Å². The highest BCUT2D eigenvalue weighted by Gasteiger charge is 2.33. The molecule has 0 aromatic carbocycles. The Labute approximate surface area is 112 Å². The summed E-state index contributed by atoms with van der Waals surface area (Å²) in [6.07, 6.45) is 4.77. The summed E-state index contributed by atoms with van der Waals surface area (Å²) in [6.45, 7) is 1.99. The fourth-order valence-electron chi connectivity index (χ4n) is 2.76. The molecule has 1 saturated heterocycles. The molecule has 0 N–H and O–H groups in total. The van der Waals surface area contributed by atoms with Gasteiger partial charge in [-0.25, -0.2) is 18.4 Å². The highest BCUT2D eigenvalue weighted by molar-refractivity contribution is 7.91. The topological polar surface area (TPSA) is 64.8 Å². The van der Waals surface area contributed by atoms with Crippen LogP contribution in [0.1, 0.15) is 37.4 Å². The fourth-order valence-corrected chi connectivity index (χ4v) is 4.70. The van der Waals surface area contributed by atoms with Crippen molar-refractivity contribution in [1.29, 1.82) is 0 Å². The van der Waals surface area contributed by atoms with E-state index in [-0.39, 0.29) is 5.75 Å². The predicted molar refractivity (Wildman–Crippen MR) is 73.6 cm³/mol. The quantitative estimate of drug-likeness (QED) is 0.844. The molecule has 3 rings (SSSR count). The van der Waals surface area contributed by atoms with E-state index in [1.807, 2.05) is 23.6 Å². The average molecular weight is 279 g/mol. The maximum Gasteiger partial charge on any atom is 0.171 e. The first-order valence-electron chi connectivity index (χ1n) is 6.67. The van der Waals surface area contributed by atoms with Crippen LogP contribution < -0.4 is 0 Å². The highest BCUT2D eigenvalue weighted by atomic mass is 32.2. The van der Waals surface area contributed by atoms with Crippen LogP contribution in [0.5, 0.6) is 0 Å². The number of aryl methyl sites for hydroxylation is 1. The van der Waals surface area contributed by atoms with E-state index >= 15 is 0 Å². The third-order valence-electron chi connectivity index (χ3n) is 3.67. The van der Waals surface area contributed by atoms with Crippen molar-refractivity contribution in [3.63, 3.8) is 0 Å². The van der Waals surface area contributed by atoms with Gasteiger partial charge in [-0.3, -0.25) is 4.57 Å². The molecule has 1 aliphatic heterocycles. The zero-order valence-electron chi connectivity index (χ0n) is 10.9. The van der Waals surface area contributed by atoms with Gasteiger partial charge in [-0.15, -0.1) is 0 Å². The van der Waals surface area contributed by atoms with Crippen LogP contribution in [0.3, 0.4) is 0 Å². The molecule has 6 heteroatoms. The standard InChI is InChI=1S/C13H17N3O2S/c1-2-11-15-10-6-5-8-14-13(10)16(11)12-7-3-4-9-19(12,17)18/h5-6,8,12H,2-4,7,9H2,1H3. The summed E-state index contributed by atoms with van der Waals surface area (Å²) in [6, 6.07) is 3.71. The van der Waals surface area contributed by atoms with Gasteiger partial charge >= 0.3 is 0 Å². The number of aromatic nitrogens is 3. The molecule has 1 aliphatic rings. The number of hydrogen-bond donors (Lipinski definition) is 0. The van der Waals surface area contributed by atoms with E-state index in [9.17, 15) is 8.42 Å². The Hall–Kier alpha value is -1.43. The van der Waals surface area contributed by atoms with E-state index in [0.717, 1.165) is 24.2 Å². The molecular weight excluding hydrogens is 262 g/mol. The van der Waals surface area contributed by atoms with Crippen LogP contribution in [-0.2, 0) is 16.3 Å². The van der Waals surface area contributed by atoms with Gasteiger partial charge in [-0.05, 0) is 31.4 Å². The Morgan fingerprint density at radius 2 is 2.26 bits per heavy atom. The molecule has 1 unspecified atom stereocenters. The number of sulfone groups is 1. The van der Waals surface area contributed by atoms with Gasteiger partial charge in [0.25, 0.3) is 0 Å². The predicted octanol–water partition coefficient (Wildman–Crippen LogP) is 2.09. The molecule has 3 heterocycles. The molecule has 5 nitrogen and oxygen atoms in total. The summed E-state index contributed by atoms with van der Waals surface area (Å²) in [5.74, 6) is 1.08. The lowest BCUT2D eigenvalue weighted by Gasteiger charge is -2.25. The first kappa shape index (κ1) is 12.6. The third-order valence-corrected chi connectivity index (χ3v) is 5.80. The second-order valence-electron chi connectivity index (χ2n) is 4.92. The van der Waals surface area contributed by atoms with Crippen LogP contribution in [0.15, 0.2) is 18.3 Å².